The van der Waals surface area contributed by atoms with Crippen LogP contribution >= 0.6 is 0 Å². The fourth-order valence-electron chi connectivity index (χ4n) is 5.12. The Balaban J connectivity index is 1.34. The van der Waals surface area contributed by atoms with Crippen molar-refractivity contribution in [1.82, 2.24) is 4.90 Å². The molecule has 2 aromatic rings. The van der Waals surface area contributed by atoms with Gasteiger partial charge in [-0.3, -0.25) is 9.69 Å². The Bertz CT molecular complexity index is 903. The monoisotopic (exact) mass is 425 g/mol. The molecule has 2 N–H and O–H groups in total. The third-order valence-corrected chi connectivity index (χ3v) is 7.20. The molecule has 1 heterocycles. The first-order valence-electron chi connectivity index (χ1n) is 11.6. The van der Waals surface area contributed by atoms with Gasteiger partial charge in [0.05, 0.1) is 17.6 Å². The number of carbonyl (C=O) groups is 1. The molecule has 0 atom stereocenters. The molecule has 168 valence electrons. The summed E-state index contributed by atoms with van der Waals surface area (Å²) >= 11 is 0. The van der Waals surface area contributed by atoms with E-state index in [0.717, 1.165) is 63.9 Å². The van der Waals surface area contributed by atoms with Crippen molar-refractivity contribution in [1.29, 1.82) is 0 Å². The number of carboxylic acid groups (broad SMARTS) is 1. The van der Waals surface area contributed by atoms with Gasteiger partial charge in [0.25, 0.3) is 0 Å². The van der Waals surface area contributed by atoms with E-state index in [9.17, 15) is 9.90 Å². The second kappa shape index (κ2) is 9.17. The molecular formula is C26H35NO4. The number of aliphatic hydroxyl groups is 1. The Labute approximate surface area is 185 Å². The van der Waals surface area contributed by atoms with Gasteiger partial charge in [0.1, 0.15) is 5.75 Å². The Morgan fingerprint density at radius 2 is 1.65 bits per heavy atom. The number of piperidine rings is 1. The van der Waals surface area contributed by atoms with Crippen molar-refractivity contribution in [2.45, 2.75) is 70.6 Å². The smallest absolute Gasteiger partial charge is 0.306 e. The molecule has 1 aliphatic carbocycles. The summed E-state index contributed by atoms with van der Waals surface area (Å²) < 4.78 is 6.27. The maximum atomic E-state index is 11.1. The lowest BCUT2D eigenvalue weighted by molar-refractivity contribution is -0.143. The fourth-order valence-corrected chi connectivity index (χ4v) is 5.12. The minimum atomic E-state index is -0.659. The molecule has 0 aromatic heterocycles. The molecule has 1 saturated carbocycles. The first-order valence-corrected chi connectivity index (χ1v) is 11.6. The van der Waals surface area contributed by atoms with Gasteiger partial charge in [-0.1, -0.05) is 18.2 Å². The number of hydrogen-bond donors (Lipinski definition) is 2. The zero-order valence-electron chi connectivity index (χ0n) is 18.7. The molecule has 2 aromatic carbocycles. The predicted molar refractivity (Wildman–Crippen MR) is 122 cm³/mol. The molecular weight excluding hydrogens is 390 g/mol. The van der Waals surface area contributed by atoms with Crippen molar-refractivity contribution in [3.8, 4) is 5.75 Å². The van der Waals surface area contributed by atoms with Gasteiger partial charge in [-0.05, 0) is 106 Å². The molecule has 5 nitrogen and oxygen atoms in total. The molecule has 0 bridgehead atoms. The molecule has 2 aliphatic rings. The highest BCUT2D eigenvalue weighted by atomic mass is 16.5. The van der Waals surface area contributed by atoms with Crippen LogP contribution in [-0.2, 0) is 11.3 Å². The predicted octanol–water partition coefficient (Wildman–Crippen LogP) is 4.84. The number of ether oxygens (including phenoxy) is 1. The van der Waals surface area contributed by atoms with Crippen molar-refractivity contribution in [3.63, 3.8) is 0 Å². The lowest BCUT2D eigenvalue weighted by atomic mass is 9.78. The molecule has 5 heteroatoms. The number of aliphatic carboxylic acids is 1. The normalized spacial score (nSPS) is 23.7. The van der Waals surface area contributed by atoms with Crippen LogP contribution in [0.25, 0.3) is 10.8 Å². The lowest BCUT2D eigenvalue weighted by Gasteiger charge is -2.35. The highest BCUT2D eigenvalue weighted by molar-refractivity contribution is 5.84. The first kappa shape index (κ1) is 22.1. The van der Waals surface area contributed by atoms with E-state index in [0.29, 0.717) is 5.92 Å². The van der Waals surface area contributed by atoms with Gasteiger partial charge in [-0.15, -0.1) is 0 Å². The largest absolute Gasteiger partial charge is 0.490 e. The van der Waals surface area contributed by atoms with Crippen molar-refractivity contribution < 1.29 is 19.7 Å². The summed E-state index contributed by atoms with van der Waals surface area (Å²) in [6.45, 7) is 6.38. The van der Waals surface area contributed by atoms with E-state index in [1.165, 1.54) is 16.3 Å². The Kier molecular flexibility index (Phi) is 6.54. The summed E-state index contributed by atoms with van der Waals surface area (Å²) in [7, 11) is 0. The van der Waals surface area contributed by atoms with Gasteiger partial charge in [0.2, 0.25) is 0 Å². The van der Waals surface area contributed by atoms with Gasteiger partial charge in [0.15, 0.2) is 0 Å². The van der Waals surface area contributed by atoms with Gasteiger partial charge >= 0.3 is 5.97 Å². The average molecular weight is 426 g/mol. The Morgan fingerprint density at radius 1 is 1.00 bits per heavy atom. The van der Waals surface area contributed by atoms with Crippen molar-refractivity contribution in [2.75, 3.05) is 13.1 Å². The van der Waals surface area contributed by atoms with Crippen molar-refractivity contribution in [2.24, 2.45) is 11.8 Å². The highest BCUT2D eigenvalue weighted by Crippen LogP contribution is 2.34. The highest BCUT2D eigenvalue weighted by Gasteiger charge is 2.32. The van der Waals surface area contributed by atoms with Crippen LogP contribution in [0.3, 0.4) is 0 Å². The number of hydrogen-bond acceptors (Lipinski definition) is 4. The van der Waals surface area contributed by atoms with Crippen LogP contribution in [0.2, 0.25) is 0 Å². The van der Waals surface area contributed by atoms with E-state index in [1.54, 1.807) is 0 Å². The van der Waals surface area contributed by atoms with Crippen LogP contribution in [-0.4, -0.2) is 45.9 Å². The molecule has 1 saturated heterocycles. The number of nitrogens with zero attached hydrogens (tertiary/aromatic N) is 1. The van der Waals surface area contributed by atoms with Crippen molar-refractivity contribution >= 4 is 16.7 Å². The topological polar surface area (TPSA) is 70.0 Å². The summed E-state index contributed by atoms with van der Waals surface area (Å²) in [6.07, 6.45) is 5.70. The SMILES string of the molecule is CC(C)(O)C1CCC(Oc2ccc3cc(CN4CCC(C(=O)O)CC4)ccc3c2)CC1. The van der Waals surface area contributed by atoms with Crippen LogP contribution < -0.4 is 4.74 Å². The molecule has 0 spiro atoms. The number of carboxylic acids is 1. The van der Waals surface area contributed by atoms with Crippen LogP contribution in [0.4, 0.5) is 0 Å². The van der Waals surface area contributed by atoms with E-state index in [4.69, 9.17) is 9.84 Å². The second-order valence-corrected chi connectivity index (χ2v) is 9.98. The summed E-state index contributed by atoms with van der Waals surface area (Å²) in [5.74, 6) is 0.435. The van der Waals surface area contributed by atoms with Gasteiger partial charge < -0.3 is 14.9 Å². The molecule has 31 heavy (non-hydrogen) atoms. The van der Waals surface area contributed by atoms with E-state index in [2.05, 4.69) is 41.3 Å². The number of likely N-dealkylation sites (tertiary alicyclic amines) is 1. The minimum Gasteiger partial charge on any atom is -0.490 e. The molecule has 1 aliphatic heterocycles. The maximum absolute atomic E-state index is 11.1. The van der Waals surface area contributed by atoms with Gasteiger partial charge in [0, 0.05) is 6.54 Å². The van der Waals surface area contributed by atoms with Crippen LogP contribution in [0.15, 0.2) is 36.4 Å². The van der Waals surface area contributed by atoms with Gasteiger partial charge in [-0.25, -0.2) is 0 Å². The quantitative estimate of drug-likeness (QED) is 0.693. The summed E-state index contributed by atoms with van der Waals surface area (Å²) in [5.41, 5.74) is 0.664. The summed E-state index contributed by atoms with van der Waals surface area (Å²) in [4.78, 5) is 13.5. The van der Waals surface area contributed by atoms with E-state index >= 15 is 0 Å². The number of fused-ring (bicyclic) bond motifs is 1. The summed E-state index contributed by atoms with van der Waals surface area (Å²) in [5, 5.41) is 21.8. The van der Waals surface area contributed by atoms with Crippen LogP contribution in [0.5, 0.6) is 5.75 Å². The van der Waals surface area contributed by atoms with E-state index in [1.807, 2.05) is 13.8 Å². The molecule has 0 amide bonds. The second-order valence-electron chi connectivity index (χ2n) is 9.98. The fraction of sp³-hybridized carbons (Fsp3) is 0.577. The third kappa shape index (κ3) is 5.58. The lowest BCUT2D eigenvalue weighted by Crippen LogP contribution is -2.36. The third-order valence-electron chi connectivity index (χ3n) is 7.20. The minimum absolute atomic E-state index is 0.184. The van der Waals surface area contributed by atoms with Crippen LogP contribution in [0.1, 0.15) is 57.9 Å². The summed E-state index contributed by atoms with van der Waals surface area (Å²) in [6, 6.07) is 12.9. The average Bonchev–Trinajstić information content (AvgIpc) is 2.74. The molecule has 0 radical (unpaired) electrons. The number of benzene rings is 2. The Morgan fingerprint density at radius 3 is 2.29 bits per heavy atom. The van der Waals surface area contributed by atoms with Crippen molar-refractivity contribution in [3.05, 3.63) is 42.0 Å². The zero-order valence-corrected chi connectivity index (χ0v) is 18.7. The first-order chi connectivity index (χ1) is 14.8. The zero-order chi connectivity index (χ0) is 22.0. The van der Waals surface area contributed by atoms with Crippen LogP contribution in [0, 0.1) is 11.8 Å². The van der Waals surface area contributed by atoms with Gasteiger partial charge in [-0.2, -0.15) is 0 Å². The maximum Gasteiger partial charge on any atom is 0.306 e. The van der Waals surface area contributed by atoms with E-state index < -0.39 is 11.6 Å². The standard InChI is InChI=1S/C26H35NO4/c1-26(2,30)22-6-9-23(10-7-22)31-24-8-5-20-15-18(3-4-21(20)16-24)17-27-13-11-19(12-14-27)25(28)29/h3-5,8,15-16,19,22-23,30H,6-7,9-14,17H2,1-2H3,(H,28,29). The molecule has 2 fully saturated rings. The molecule has 4 rings (SSSR count). The van der Waals surface area contributed by atoms with E-state index in [-0.39, 0.29) is 12.0 Å². The number of rotatable bonds is 6. The molecule has 0 unspecified atom stereocenters. The Hall–Kier alpha value is -2.11.